The van der Waals surface area contributed by atoms with E-state index in [-0.39, 0.29) is 15.8 Å². The summed E-state index contributed by atoms with van der Waals surface area (Å²) in [5, 5.41) is 12.1. The number of phenolic OH excluding ortho intramolecular Hbond substituents is 1. The van der Waals surface area contributed by atoms with Crippen LogP contribution >= 0.6 is 0 Å². The third-order valence-corrected chi connectivity index (χ3v) is 4.60. The molecule has 0 aliphatic carbocycles. The van der Waals surface area contributed by atoms with Crippen LogP contribution in [-0.2, 0) is 3.74 Å². The summed E-state index contributed by atoms with van der Waals surface area (Å²) in [6.45, 7) is 0. The second kappa shape index (κ2) is 5.54. The van der Waals surface area contributed by atoms with E-state index in [4.69, 9.17) is 8.19 Å². The third kappa shape index (κ3) is 3.30. The molecule has 0 spiro atoms. The Morgan fingerprint density at radius 1 is 1.05 bits per heavy atom. The fourth-order valence-electron chi connectivity index (χ4n) is 1.59. The maximum absolute atomic E-state index is 11.9. The molecule has 20 heavy (non-hydrogen) atoms. The Morgan fingerprint density at radius 2 is 1.70 bits per heavy atom. The number of nitrogens with one attached hydrogen (secondary N) is 1. The number of hydrogen-bond donors (Lipinski definition) is 4. The summed E-state index contributed by atoms with van der Waals surface area (Å²) in [5.74, 6) is -0.738. The third-order valence-electron chi connectivity index (χ3n) is 2.60. The van der Waals surface area contributed by atoms with Crippen LogP contribution in [0.5, 0.6) is 5.75 Å². The van der Waals surface area contributed by atoms with E-state index < -0.39 is 20.1 Å². The molecule has 0 unspecified atom stereocenters. The summed E-state index contributed by atoms with van der Waals surface area (Å²) in [4.78, 5) is 11.9. The molecule has 0 aromatic heterocycles. The molecule has 0 fully saturated rings. The van der Waals surface area contributed by atoms with Crippen molar-refractivity contribution >= 4 is 30.1 Å². The first-order chi connectivity index (χ1) is 9.38. The summed E-state index contributed by atoms with van der Waals surface area (Å²) < 4.78 is 29.3. The quantitative estimate of drug-likeness (QED) is 0.473. The number of benzene rings is 2. The molecule has 2 aromatic carbocycles. The van der Waals surface area contributed by atoms with E-state index in [0.29, 0.717) is 5.56 Å². The molecule has 6 nitrogen and oxygen atoms in total. The maximum atomic E-state index is 11.9. The van der Waals surface area contributed by atoms with Crippen molar-refractivity contribution in [3.63, 3.8) is 0 Å². The number of carbonyl (C=O) groups is 1. The fourth-order valence-corrected chi connectivity index (χ4v) is 2.78. The van der Waals surface area contributed by atoms with Gasteiger partial charge in [0.2, 0.25) is 0 Å². The van der Waals surface area contributed by atoms with E-state index in [1.54, 1.807) is 30.3 Å². The molecule has 0 aliphatic rings. The first-order valence-electron chi connectivity index (χ1n) is 5.63. The van der Waals surface area contributed by atoms with Gasteiger partial charge in [0.1, 0.15) is 0 Å². The zero-order chi connectivity index (χ0) is 14.8. The second-order valence-corrected chi connectivity index (χ2v) is 7.43. The van der Waals surface area contributed by atoms with E-state index in [1.165, 1.54) is 0 Å². The zero-order valence-corrected chi connectivity index (χ0v) is 12.1. The average Bonchev–Trinajstić information content (AvgIpc) is 2.41. The Morgan fingerprint density at radius 3 is 2.30 bits per heavy atom. The predicted octanol–water partition coefficient (Wildman–Crippen LogP) is 0.205. The molecule has 7 heteroatoms. The van der Waals surface area contributed by atoms with Crippen LogP contribution in [-0.4, -0.2) is 33.4 Å². The summed E-state index contributed by atoms with van der Waals surface area (Å²) in [6, 6.07) is 11.6. The van der Waals surface area contributed by atoms with Crippen molar-refractivity contribution in [2.45, 2.75) is 0 Å². The Kier molecular flexibility index (Phi) is 3.99. The molecule has 0 bridgehead atoms. The molecule has 1 amide bonds. The summed E-state index contributed by atoms with van der Waals surface area (Å²) in [5.41, 5.74) is 0.333. The minimum absolute atomic E-state index is 0.0407. The van der Waals surface area contributed by atoms with Gasteiger partial charge in [0.25, 0.3) is 0 Å². The van der Waals surface area contributed by atoms with Gasteiger partial charge in [-0.2, -0.15) is 0 Å². The first-order valence-corrected chi connectivity index (χ1v) is 9.02. The SMILES string of the molecule is O=C(Nc1cc([As](=O)(O)O)ccc1O)c1ccccc1. The zero-order valence-electron chi connectivity index (χ0n) is 10.2. The van der Waals surface area contributed by atoms with E-state index in [9.17, 15) is 13.6 Å². The van der Waals surface area contributed by atoms with E-state index >= 15 is 0 Å². The molecule has 2 aromatic rings. The van der Waals surface area contributed by atoms with Crippen molar-refractivity contribution in [3.8, 4) is 5.75 Å². The van der Waals surface area contributed by atoms with Gasteiger partial charge in [-0.05, 0) is 0 Å². The molecular formula is C13H12AsNO5. The molecule has 0 aliphatic heterocycles. The van der Waals surface area contributed by atoms with Gasteiger partial charge in [-0.25, -0.2) is 0 Å². The van der Waals surface area contributed by atoms with Gasteiger partial charge in [0.15, 0.2) is 0 Å². The monoisotopic (exact) mass is 337 g/mol. The van der Waals surface area contributed by atoms with Gasteiger partial charge in [0.05, 0.1) is 0 Å². The van der Waals surface area contributed by atoms with Gasteiger partial charge in [-0.1, -0.05) is 0 Å². The average molecular weight is 337 g/mol. The second-order valence-electron chi connectivity index (χ2n) is 4.07. The molecule has 0 saturated carbocycles. The van der Waals surface area contributed by atoms with Crippen molar-refractivity contribution < 1.29 is 21.8 Å². The van der Waals surface area contributed by atoms with Crippen molar-refractivity contribution in [2.75, 3.05) is 5.32 Å². The molecule has 0 saturated heterocycles. The molecule has 0 radical (unpaired) electrons. The molecule has 2 rings (SSSR count). The predicted molar refractivity (Wildman–Crippen MR) is 73.0 cm³/mol. The number of phenols is 1. The molecule has 0 atom stereocenters. The molecule has 104 valence electrons. The van der Waals surface area contributed by atoms with Crippen LogP contribution in [0.2, 0.25) is 0 Å². The van der Waals surface area contributed by atoms with Crippen molar-refractivity contribution in [1.29, 1.82) is 0 Å². The van der Waals surface area contributed by atoms with Gasteiger partial charge in [-0.3, -0.25) is 0 Å². The van der Waals surface area contributed by atoms with Crippen LogP contribution < -0.4 is 9.67 Å². The number of anilines is 1. The fraction of sp³-hybridized carbons (Fsp3) is 0. The summed E-state index contributed by atoms with van der Waals surface area (Å²) >= 11 is -5.07. The number of hydrogen-bond acceptors (Lipinski definition) is 3. The van der Waals surface area contributed by atoms with E-state index in [1.807, 2.05) is 0 Å². The van der Waals surface area contributed by atoms with E-state index in [0.717, 1.165) is 18.2 Å². The molecule has 4 N–H and O–H groups in total. The number of aromatic hydroxyl groups is 1. The van der Waals surface area contributed by atoms with Gasteiger partial charge in [-0.15, -0.1) is 0 Å². The van der Waals surface area contributed by atoms with Crippen LogP contribution in [0.1, 0.15) is 10.4 Å². The van der Waals surface area contributed by atoms with Gasteiger partial charge in [0, 0.05) is 0 Å². The molecule has 0 heterocycles. The van der Waals surface area contributed by atoms with Crippen molar-refractivity contribution in [1.82, 2.24) is 0 Å². The van der Waals surface area contributed by atoms with Crippen molar-refractivity contribution in [3.05, 3.63) is 54.1 Å². The van der Waals surface area contributed by atoms with Crippen LogP contribution in [0.3, 0.4) is 0 Å². The normalized spacial score (nSPS) is 11.1. The van der Waals surface area contributed by atoms with E-state index in [2.05, 4.69) is 5.32 Å². The topological polar surface area (TPSA) is 107 Å². The number of amides is 1. The summed E-state index contributed by atoms with van der Waals surface area (Å²) in [6.07, 6.45) is 0. The Labute approximate surface area is 117 Å². The first kappa shape index (κ1) is 14.4. The van der Waals surface area contributed by atoms with Crippen LogP contribution in [0.25, 0.3) is 0 Å². The number of rotatable bonds is 3. The van der Waals surface area contributed by atoms with Crippen LogP contribution in [0.15, 0.2) is 48.5 Å². The van der Waals surface area contributed by atoms with Gasteiger partial charge >= 0.3 is 117 Å². The van der Waals surface area contributed by atoms with Crippen molar-refractivity contribution in [2.24, 2.45) is 0 Å². The Bertz CT molecular complexity index is 680. The minimum atomic E-state index is -5.07. The molecular weight excluding hydrogens is 325 g/mol. The Balaban J connectivity index is 2.30. The number of carbonyl (C=O) groups excluding carboxylic acids is 1. The Hall–Kier alpha value is -2.01. The van der Waals surface area contributed by atoms with Crippen LogP contribution in [0, 0.1) is 0 Å². The summed E-state index contributed by atoms with van der Waals surface area (Å²) in [7, 11) is 0. The van der Waals surface area contributed by atoms with Crippen LogP contribution in [0.4, 0.5) is 5.69 Å². The van der Waals surface area contributed by atoms with Gasteiger partial charge < -0.3 is 0 Å². The standard InChI is InChI=1S/C13H12AsNO5/c16-12-7-6-10(14(18,19)20)8-11(12)15-13(17)9-4-2-1-3-5-9/h1-8,16H,(H,15,17)(H2,18,19,20).